The fourth-order valence-electron chi connectivity index (χ4n) is 2.91. The highest BCUT2D eigenvalue weighted by atomic mass is 16.5. The van der Waals surface area contributed by atoms with E-state index in [1.165, 1.54) is 32.9 Å². The van der Waals surface area contributed by atoms with Crippen LogP contribution >= 0.6 is 0 Å². The first kappa shape index (κ1) is 15.8. The van der Waals surface area contributed by atoms with Crippen molar-refractivity contribution >= 4 is 11.7 Å². The molecule has 0 radical (unpaired) electrons. The van der Waals surface area contributed by atoms with Gasteiger partial charge >= 0.3 is 5.97 Å². The van der Waals surface area contributed by atoms with Gasteiger partial charge in [-0.15, -0.1) is 0 Å². The Kier molecular flexibility index (Phi) is 5.62. The molecule has 0 amide bonds. The Hall–Kier alpha value is -1.55. The van der Waals surface area contributed by atoms with Crippen molar-refractivity contribution in [2.45, 2.75) is 39.2 Å². The summed E-state index contributed by atoms with van der Waals surface area (Å²) in [4.78, 5) is 14.0. The average Bonchev–Trinajstić information content (AvgIpc) is 2.73. The summed E-state index contributed by atoms with van der Waals surface area (Å²) in [6, 6.07) is 6.23. The summed E-state index contributed by atoms with van der Waals surface area (Å²) in [6.07, 6.45) is 3.62. The molecule has 0 saturated carbocycles. The molecule has 2 rings (SSSR count). The molecule has 4 heteroatoms. The van der Waals surface area contributed by atoms with Gasteiger partial charge in [-0.25, -0.2) is 4.79 Å². The van der Waals surface area contributed by atoms with Crippen LogP contribution < -0.4 is 5.32 Å². The predicted octanol–water partition coefficient (Wildman–Crippen LogP) is 3.07. The first-order valence-corrected chi connectivity index (χ1v) is 7.82. The van der Waals surface area contributed by atoms with Gasteiger partial charge in [0, 0.05) is 18.3 Å². The second-order valence-corrected chi connectivity index (χ2v) is 5.73. The van der Waals surface area contributed by atoms with Crippen LogP contribution in [0.15, 0.2) is 18.2 Å². The average molecular weight is 290 g/mol. The number of hydrogen-bond donors (Lipinski definition) is 1. The molecule has 1 aliphatic heterocycles. The number of carbonyl (C=O) groups is 1. The molecule has 0 spiro atoms. The highest BCUT2D eigenvalue weighted by Crippen LogP contribution is 2.21. The van der Waals surface area contributed by atoms with Crippen molar-refractivity contribution in [2.24, 2.45) is 0 Å². The van der Waals surface area contributed by atoms with Crippen LogP contribution in [-0.4, -0.2) is 43.7 Å². The number of rotatable bonds is 4. The molecule has 0 aromatic heterocycles. The number of hydrogen-bond acceptors (Lipinski definition) is 4. The Morgan fingerprint density at radius 1 is 1.38 bits per heavy atom. The lowest BCUT2D eigenvalue weighted by molar-refractivity contribution is 0.0600. The molecule has 1 aromatic carbocycles. The van der Waals surface area contributed by atoms with Gasteiger partial charge in [-0.3, -0.25) is 0 Å². The maximum Gasteiger partial charge on any atom is 0.337 e. The van der Waals surface area contributed by atoms with Crippen LogP contribution in [-0.2, 0) is 4.74 Å². The number of anilines is 1. The topological polar surface area (TPSA) is 41.6 Å². The molecule has 0 aliphatic carbocycles. The summed E-state index contributed by atoms with van der Waals surface area (Å²) >= 11 is 0. The van der Waals surface area contributed by atoms with Gasteiger partial charge < -0.3 is 15.0 Å². The molecular formula is C17H26N2O2. The van der Waals surface area contributed by atoms with Crippen molar-refractivity contribution in [1.29, 1.82) is 0 Å². The second kappa shape index (κ2) is 7.46. The van der Waals surface area contributed by atoms with E-state index in [4.69, 9.17) is 4.74 Å². The molecular weight excluding hydrogens is 264 g/mol. The van der Waals surface area contributed by atoms with Gasteiger partial charge in [0.15, 0.2) is 0 Å². The summed E-state index contributed by atoms with van der Waals surface area (Å²) < 4.78 is 4.76. The van der Waals surface area contributed by atoms with Crippen molar-refractivity contribution in [3.8, 4) is 0 Å². The van der Waals surface area contributed by atoms with Gasteiger partial charge in [-0.1, -0.05) is 6.92 Å². The number of methoxy groups -OCH3 is 1. The zero-order chi connectivity index (χ0) is 15.2. The molecule has 1 atom stereocenters. The highest BCUT2D eigenvalue weighted by molar-refractivity contribution is 5.90. The molecule has 1 heterocycles. The third-order valence-electron chi connectivity index (χ3n) is 4.28. The van der Waals surface area contributed by atoms with Crippen molar-refractivity contribution in [3.05, 3.63) is 29.3 Å². The van der Waals surface area contributed by atoms with Gasteiger partial charge in [0.05, 0.1) is 12.7 Å². The monoisotopic (exact) mass is 290 g/mol. The van der Waals surface area contributed by atoms with E-state index in [0.29, 0.717) is 11.6 Å². The van der Waals surface area contributed by atoms with Gasteiger partial charge in [-0.05, 0) is 63.0 Å². The van der Waals surface area contributed by atoms with E-state index in [-0.39, 0.29) is 5.97 Å². The Morgan fingerprint density at radius 3 is 2.86 bits per heavy atom. The van der Waals surface area contributed by atoms with Crippen LogP contribution in [0, 0.1) is 6.92 Å². The molecule has 0 bridgehead atoms. The summed E-state index contributed by atoms with van der Waals surface area (Å²) in [5.41, 5.74) is 2.82. The van der Waals surface area contributed by atoms with Crippen LogP contribution in [0.1, 0.15) is 42.1 Å². The minimum absolute atomic E-state index is 0.280. The fraction of sp³-hybridized carbons (Fsp3) is 0.588. The lowest BCUT2D eigenvalue weighted by Crippen LogP contribution is -2.26. The van der Waals surface area contributed by atoms with Gasteiger partial charge in [0.1, 0.15) is 0 Å². The third kappa shape index (κ3) is 4.21. The van der Waals surface area contributed by atoms with Crippen LogP contribution in [0.2, 0.25) is 0 Å². The van der Waals surface area contributed by atoms with E-state index < -0.39 is 0 Å². The molecule has 21 heavy (non-hydrogen) atoms. The number of nitrogens with one attached hydrogen (secondary N) is 1. The molecule has 1 saturated heterocycles. The number of aryl methyl sites for hydroxylation is 1. The number of esters is 1. The number of likely N-dealkylation sites (tertiary alicyclic amines) is 1. The zero-order valence-corrected chi connectivity index (χ0v) is 13.3. The Bertz CT molecular complexity index is 488. The zero-order valence-electron chi connectivity index (χ0n) is 13.3. The Labute approximate surface area is 127 Å². The minimum atomic E-state index is -0.280. The first-order valence-electron chi connectivity index (χ1n) is 7.82. The van der Waals surface area contributed by atoms with Crippen molar-refractivity contribution < 1.29 is 9.53 Å². The van der Waals surface area contributed by atoms with Crippen LogP contribution in [0.4, 0.5) is 5.69 Å². The second-order valence-electron chi connectivity index (χ2n) is 5.73. The number of nitrogens with zero attached hydrogens (tertiary/aromatic N) is 1. The van der Waals surface area contributed by atoms with Crippen molar-refractivity contribution in [2.75, 3.05) is 32.1 Å². The maximum absolute atomic E-state index is 11.5. The maximum atomic E-state index is 11.5. The van der Waals surface area contributed by atoms with E-state index in [9.17, 15) is 4.79 Å². The molecule has 116 valence electrons. The molecule has 1 fully saturated rings. The first-order chi connectivity index (χ1) is 10.1. The van der Waals surface area contributed by atoms with Crippen LogP contribution in [0.3, 0.4) is 0 Å². The third-order valence-corrected chi connectivity index (χ3v) is 4.28. The van der Waals surface area contributed by atoms with Crippen molar-refractivity contribution in [3.63, 3.8) is 0 Å². The van der Waals surface area contributed by atoms with Crippen LogP contribution in [0.25, 0.3) is 0 Å². The summed E-state index contributed by atoms with van der Waals surface area (Å²) in [6.45, 7) is 7.76. The van der Waals surface area contributed by atoms with E-state index in [1.54, 1.807) is 0 Å². The summed E-state index contributed by atoms with van der Waals surface area (Å²) in [7, 11) is 1.41. The summed E-state index contributed by atoms with van der Waals surface area (Å²) in [5, 5.41) is 3.64. The van der Waals surface area contributed by atoms with Crippen LogP contribution in [0.5, 0.6) is 0 Å². The molecule has 1 aromatic rings. The van der Waals surface area contributed by atoms with E-state index >= 15 is 0 Å². The lowest BCUT2D eigenvalue weighted by Gasteiger charge is -2.20. The van der Waals surface area contributed by atoms with E-state index in [0.717, 1.165) is 24.3 Å². The Balaban J connectivity index is 2.01. The fourth-order valence-corrected chi connectivity index (χ4v) is 2.91. The number of carbonyl (C=O) groups excluding carboxylic acids is 1. The smallest absolute Gasteiger partial charge is 0.337 e. The molecule has 1 aliphatic rings. The van der Waals surface area contributed by atoms with E-state index in [1.807, 2.05) is 25.1 Å². The normalized spacial score (nSPS) is 19.9. The van der Waals surface area contributed by atoms with Gasteiger partial charge in [0.25, 0.3) is 0 Å². The summed E-state index contributed by atoms with van der Waals surface area (Å²) in [5.74, 6) is -0.280. The van der Waals surface area contributed by atoms with Crippen molar-refractivity contribution in [1.82, 2.24) is 4.90 Å². The molecule has 4 nitrogen and oxygen atoms in total. The van der Waals surface area contributed by atoms with Gasteiger partial charge in [-0.2, -0.15) is 0 Å². The largest absolute Gasteiger partial charge is 0.465 e. The Morgan fingerprint density at radius 2 is 2.19 bits per heavy atom. The SMILES string of the molecule is CCN1CCCC(Nc2ccc(C(=O)OC)cc2C)CC1. The lowest BCUT2D eigenvalue weighted by atomic mass is 10.1. The molecule has 1 unspecified atom stereocenters. The number of benzene rings is 1. The highest BCUT2D eigenvalue weighted by Gasteiger charge is 2.16. The minimum Gasteiger partial charge on any atom is -0.465 e. The van der Waals surface area contributed by atoms with Gasteiger partial charge in [0.2, 0.25) is 0 Å². The quantitative estimate of drug-likeness (QED) is 0.865. The van der Waals surface area contributed by atoms with E-state index in [2.05, 4.69) is 17.1 Å². The molecule has 1 N–H and O–H groups in total. The standard InChI is InChI=1S/C17H26N2O2/c1-4-19-10-5-6-15(9-11-19)18-16-8-7-14(12-13(16)2)17(20)21-3/h7-8,12,15,18H,4-6,9-11H2,1-3H3. The number of ether oxygens (including phenoxy) is 1. The predicted molar refractivity (Wildman–Crippen MR) is 85.9 cm³/mol.